The van der Waals surface area contributed by atoms with Crippen LogP contribution in [0, 0.1) is 11.8 Å². The molecule has 1 amide bonds. The molecule has 4 heteroatoms. The van der Waals surface area contributed by atoms with E-state index in [0.29, 0.717) is 12.8 Å². The first kappa shape index (κ1) is 13.8. The molecule has 1 aromatic carbocycles. The molecule has 2 unspecified atom stereocenters. The minimum absolute atomic E-state index is 0.128. The molecule has 1 N–H and O–H groups in total. The first-order valence-electron chi connectivity index (χ1n) is 8.24. The molecule has 1 aliphatic heterocycles. The quantitative estimate of drug-likeness (QED) is 0.913. The third-order valence-corrected chi connectivity index (χ3v) is 5.72. The van der Waals surface area contributed by atoms with Gasteiger partial charge in [-0.25, -0.2) is 0 Å². The Bertz CT molecular complexity index is 635. The molecule has 1 spiro atoms. The molecule has 0 radical (unpaired) electrons. The standard InChI is InChI=1S/C18H21NO3/c20-16(12-4-3-5-13(10-12)17(21)22)19-11-18(8-9-18)14-6-1-2-7-15(14)19/h1-2,6-7,12-13H,3-5,8-11H2,(H,21,22). The fourth-order valence-electron chi connectivity index (χ4n) is 4.26. The van der Waals surface area contributed by atoms with Crippen LogP contribution in [0.5, 0.6) is 0 Å². The van der Waals surface area contributed by atoms with Crippen LogP contribution in [-0.2, 0) is 15.0 Å². The fourth-order valence-corrected chi connectivity index (χ4v) is 4.26. The van der Waals surface area contributed by atoms with E-state index in [1.807, 2.05) is 23.1 Å². The molecule has 2 fully saturated rings. The number of carboxylic acid groups (broad SMARTS) is 1. The molecule has 4 rings (SSSR count). The number of fused-ring (bicyclic) bond motifs is 2. The van der Waals surface area contributed by atoms with Crippen LogP contribution < -0.4 is 4.90 Å². The van der Waals surface area contributed by atoms with Crippen molar-refractivity contribution in [3.05, 3.63) is 29.8 Å². The van der Waals surface area contributed by atoms with Gasteiger partial charge in [-0.15, -0.1) is 0 Å². The summed E-state index contributed by atoms with van der Waals surface area (Å²) in [5.41, 5.74) is 2.57. The summed E-state index contributed by atoms with van der Waals surface area (Å²) in [6.07, 6.45) is 5.20. The topological polar surface area (TPSA) is 57.6 Å². The average Bonchev–Trinajstić information content (AvgIpc) is 3.25. The Kier molecular flexibility index (Phi) is 3.03. The Morgan fingerprint density at radius 1 is 1.14 bits per heavy atom. The zero-order chi connectivity index (χ0) is 15.3. The highest BCUT2D eigenvalue weighted by atomic mass is 16.4. The number of carbonyl (C=O) groups is 2. The van der Waals surface area contributed by atoms with E-state index in [-0.39, 0.29) is 23.2 Å². The van der Waals surface area contributed by atoms with E-state index in [1.54, 1.807) is 0 Å². The number of aliphatic carboxylic acids is 1. The Morgan fingerprint density at radius 3 is 2.59 bits per heavy atom. The van der Waals surface area contributed by atoms with Crippen LogP contribution in [0.3, 0.4) is 0 Å². The van der Waals surface area contributed by atoms with Crippen LogP contribution in [-0.4, -0.2) is 23.5 Å². The Labute approximate surface area is 130 Å². The second-order valence-corrected chi connectivity index (χ2v) is 7.12. The normalized spacial score (nSPS) is 28.5. The summed E-state index contributed by atoms with van der Waals surface area (Å²) in [6, 6.07) is 8.23. The summed E-state index contributed by atoms with van der Waals surface area (Å²) in [5.74, 6) is -1.09. The van der Waals surface area contributed by atoms with Gasteiger partial charge in [0, 0.05) is 23.6 Å². The van der Waals surface area contributed by atoms with Crippen LogP contribution in [0.1, 0.15) is 44.1 Å². The number of carbonyl (C=O) groups excluding carboxylic acids is 1. The highest BCUT2D eigenvalue weighted by Gasteiger charge is 2.53. The van der Waals surface area contributed by atoms with Crippen molar-refractivity contribution in [2.24, 2.45) is 11.8 Å². The van der Waals surface area contributed by atoms with Gasteiger partial charge >= 0.3 is 5.97 Å². The third kappa shape index (κ3) is 2.04. The van der Waals surface area contributed by atoms with Gasteiger partial charge in [-0.1, -0.05) is 24.6 Å². The van der Waals surface area contributed by atoms with Gasteiger partial charge < -0.3 is 10.0 Å². The fraction of sp³-hybridized carbons (Fsp3) is 0.556. The molecule has 1 heterocycles. The summed E-state index contributed by atoms with van der Waals surface area (Å²) < 4.78 is 0. The van der Waals surface area contributed by atoms with E-state index in [0.717, 1.165) is 37.9 Å². The average molecular weight is 299 g/mol. The summed E-state index contributed by atoms with van der Waals surface area (Å²) in [4.78, 5) is 26.2. The van der Waals surface area contributed by atoms with Crippen LogP contribution in [0.25, 0.3) is 0 Å². The molecule has 3 aliphatic rings. The number of rotatable bonds is 2. The molecule has 2 aliphatic carbocycles. The molecular weight excluding hydrogens is 278 g/mol. The van der Waals surface area contributed by atoms with Crippen molar-refractivity contribution in [1.82, 2.24) is 0 Å². The van der Waals surface area contributed by atoms with E-state index >= 15 is 0 Å². The van der Waals surface area contributed by atoms with E-state index in [1.165, 1.54) is 5.56 Å². The van der Waals surface area contributed by atoms with E-state index in [4.69, 9.17) is 0 Å². The molecule has 1 aromatic rings. The minimum Gasteiger partial charge on any atom is -0.481 e. The molecule has 0 saturated heterocycles. The maximum absolute atomic E-state index is 13.0. The van der Waals surface area contributed by atoms with Gasteiger partial charge in [0.15, 0.2) is 0 Å². The van der Waals surface area contributed by atoms with Gasteiger partial charge in [0.05, 0.1) is 5.92 Å². The van der Waals surface area contributed by atoms with E-state index in [2.05, 4.69) is 6.07 Å². The molecule has 22 heavy (non-hydrogen) atoms. The lowest BCUT2D eigenvalue weighted by molar-refractivity contribution is -0.143. The SMILES string of the molecule is O=C(O)C1CCCC(C(=O)N2CC3(CC3)c3ccccc32)C1. The number of para-hydroxylation sites is 1. The lowest BCUT2D eigenvalue weighted by atomic mass is 9.80. The Hall–Kier alpha value is -1.84. The first-order valence-corrected chi connectivity index (χ1v) is 8.24. The van der Waals surface area contributed by atoms with Gasteiger partial charge in [0.1, 0.15) is 0 Å². The second-order valence-electron chi connectivity index (χ2n) is 7.12. The molecule has 4 nitrogen and oxygen atoms in total. The van der Waals surface area contributed by atoms with Gasteiger partial charge in [-0.3, -0.25) is 9.59 Å². The van der Waals surface area contributed by atoms with Crippen LogP contribution in [0.4, 0.5) is 5.69 Å². The zero-order valence-electron chi connectivity index (χ0n) is 12.6. The number of nitrogens with zero attached hydrogens (tertiary/aromatic N) is 1. The van der Waals surface area contributed by atoms with Crippen molar-refractivity contribution < 1.29 is 14.7 Å². The Morgan fingerprint density at radius 2 is 1.86 bits per heavy atom. The van der Waals surface area contributed by atoms with Crippen molar-refractivity contribution in [1.29, 1.82) is 0 Å². The van der Waals surface area contributed by atoms with Gasteiger partial charge in [0.25, 0.3) is 0 Å². The van der Waals surface area contributed by atoms with Crippen molar-refractivity contribution in [3.63, 3.8) is 0 Å². The van der Waals surface area contributed by atoms with Crippen molar-refractivity contribution in [3.8, 4) is 0 Å². The zero-order valence-corrected chi connectivity index (χ0v) is 12.6. The minimum atomic E-state index is -0.752. The van der Waals surface area contributed by atoms with E-state index in [9.17, 15) is 14.7 Å². The second kappa shape index (κ2) is 4.83. The molecule has 0 bridgehead atoms. The summed E-state index contributed by atoms with van der Waals surface area (Å²) in [6.45, 7) is 0.791. The predicted octanol–water partition coefficient (Wildman–Crippen LogP) is 2.96. The largest absolute Gasteiger partial charge is 0.481 e. The number of carboxylic acids is 1. The van der Waals surface area contributed by atoms with Crippen LogP contribution in [0.15, 0.2) is 24.3 Å². The first-order chi connectivity index (χ1) is 10.6. The molecule has 116 valence electrons. The van der Waals surface area contributed by atoms with Gasteiger partial charge in [-0.2, -0.15) is 0 Å². The lowest BCUT2D eigenvalue weighted by Crippen LogP contribution is -2.39. The van der Waals surface area contributed by atoms with Crippen molar-refractivity contribution in [2.75, 3.05) is 11.4 Å². The number of hydrogen-bond donors (Lipinski definition) is 1. The van der Waals surface area contributed by atoms with Crippen molar-refractivity contribution >= 4 is 17.6 Å². The number of amides is 1. The molecule has 0 aromatic heterocycles. The van der Waals surface area contributed by atoms with Crippen LogP contribution in [0.2, 0.25) is 0 Å². The smallest absolute Gasteiger partial charge is 0.306 e. The summed E-state index contributed by atoms with van der Waals surface area (Å²) in [5, 5.41) is 9.23. The predicted molar refractivity (Wildman–Crippen MR) is 82.8 cm³/mol. The Balaban J connectivity index is 1.58. The molecular formula is C18H21NO3. The highest BCUT2D eigenvalue weighted by Crippen LogP contribution is 2.56. The maximum Gasteiger partial charge on any atom is 0.306 e. The summed E-state index contributed by atoms with van der Waals surface area (Å²) >= 11 is 0. The third-order valence-electron chi connectivity index (χ3n) is 5.72. The number of hydrogen-bond acceptors (Lipinski definition) is 2. The summed E-state index contributed by atoms with van der Waals surface area (Å²) in [7, 11) is 0. The lowest BCUT2D eigenvalue weighted by Gasteiger charge is -2.29. The monoisotopic (exact) mass is 299 g/mol. The van der Waals surface area contributed by atoms with Gasteiger partial charge in [0.2, 0.25) is 5.91 Å². The van der Waals surface area contributed by atoms with Crippen LogP contribution >= 0.6 is 0 Å². The highest BCUT2D eigenvalue weighted by molar-refractivity contribution is 5.98. The number of anilines is 1. The molecule has 2 saturated carbocycles. The van der Waals surface area contributed by atoms with E-state index < -0.39 is 5.97 Å². The van der Waals surface area contributed by atoms with Crippen molar-refractivity contribution in [2.45, 2.75) is 43.9 Å². The maximum atomic E-state index is 13.0. The van der Waals surface area contributed by atoms with Gasteiger partial charge in [-0.05, 0) is 43.7 Å². The molecule has 2 atom stereocenters. The number of benzene rings is 1.